The van der Waals surface area contributed by atoms with E-state index < -0.39 is 0 Å². The first kappa shape index (κ1) is 14.8. The Kier molecular flexibility index (Phi) is 5.64. The fraction of sp³-hybridized carbons (Fsp3) is 0.933. The van der Waals surface area contributed by atoms with E-state index in [9.17, 15) is 4.79 Å². The van der Waals surface area contributed by atoms with Crippen LogP contribution < -0.4 is 0 Å². The molecule has 0 radical (unpaired) electrons. The molecular weight excluding hydrogens is 240 g/mol. The van der Waals surface area contributed by atoms with E-state index in [2.05, 4.69) is 23.6 Å². The van der Waals surface area contributed by atoms with Crippen molar-refractivity contribution in [2.24, 2.45) is 5.92 Å². The number of hydrogen-bond acceptors (Lipinski definition) is 3. The minimum atomic E-state index is 0.355. The molecule has 0 N–H and O–H groups in total. The molecule has 0 bridgehead atoms. The average molecular weight is 268 g/mol. The Hall–Kier alpha value is -0.610. The second kappa shape index (κ2) is 7.25. The van der Waals surface area contributed by atoms with Gasteiger partial charge in [-0.05, 0) is 25.2 Å². The number of carbonyl (C=O) groups excluding carboxylic acids is 1. The van der Waals surface area contributed by atoms with Gasteiger partial charge >= 0.3 is 0 Å². The Labute approximate surface area is 117 Å². The summed E-state index contributed by atoms with van der Waals surface area (Å²) >= 11 is 0. The summed E-state index contributed by atoms with van der Waals surface area (Å²) in [5.41, 5.74) is 0. The third kappa shape index (κ3) is 4.46. The van der Waals surface area contributed by atoms with Gasteiger partial charge in [0.1, 0.15) is 0 Å². The highest BCUT2D eigenvalue weighted by Gasteiger charge is 2.28. The number of nitrogens with zero attached hydrogens (tertiary/aromatic N) is 2. The maximum Gasteiger partial charge on any atom is 0.223 e. The molecule has 0 aromatic heterocycles. The van der Waals surface area contributed by atoms with Gasteiger partial charge in [0.15, 0.2) is 0 Å². The lowest BCUT2D eigenvalue weighted by atomic mass is 9.99. The monoisotopic (exact) mass is 268 g/mol. The Morgan fingerprint density at radius 3 is 2.63 bits per heavy atom. The van der Waals surface area contributed by atoms with Crippen LogP contribution >= 0.6 is 0 Å². The van der Waals surface area contributed by atoms with Gasteiger partial charge in [-0.2, -0.15) is 0 Å². The highest BCUT2D eigenvalue weighted by Crippen LogP contribution is 2.20. The number of amides is 1. The lowest BCUT2D eigenvalue weighted by Gasteiger charge is -2.40. The molecule has 2 rings (SSSR count). The molecule has 110 valence electrons. The van der Waals surface area contributed by atoms with E-state index in [0.29, 0.717) is 24.3 Å². The van der Waals surface area contributed by atoms with Gasteiger partial charge in [-0.1, -0.05) is 13.8 Å². The summed E-state index contributed by atoms with van der Waals surface area (Å²) in [5.74, 6) is 0.812. The molecule has 4 heteroatoms. The maximum absolute atomic E-state index is 12.3. The van der Waals surface area contributed by atoms with Gasteiger partial charge in [0.25, 0.3) is 0 Å². The Morgan fingerprint density at radius 1 is 1.21 bits per heavy atom. The first-order valence-electron chi connectivity index (χ1n) is 7.76. The van der Waals surface area contributed by atoms with Crippen molar-refractivity contribution in [3.63, 3.8) is 0 Å². The molecule has 1 amide bonds. The van der Waals surface area contributed by atoms with Crippen LogP contribution in [-0.2, 0) is 9.53 Å². The summed E-state index contributed by atoms with van der Waals surface area (Å²) in [7, 11) is 0. The molecule has 0 aromatic rings. The minimum Gasteiger partial charge on any atom is -0.379 e. The number of piperidine rings is 1. The van der Waals surface area contributed by atoms with Crippen molar-refractivity contribution in [2.45, 2.75) is 45.6 Å². The van der Waals surface area contributed by atoms with E-state index in [0.717, 1.165) is 39.4 Å². The molecule has 19 heavy (non-hydrogen) atoms. The first-order valence-corrected chi connectivity index (χ1v) is 7.76. The van der Waals surface area contributed by atoms with Crippen molar-refractivity contribution in [3.05, 3.63) is 0 Å². The van der Waals surface area contributed by atoms with Gasteiger partial charge in [0, 0.05) is 38.6 Å². The summed E-state index contributed by atoms with van der Waals surface area (Å²) < 4.78 is 5.39. The predicted octanol–water partition coefficient (Wildman–Crippen LogP) is 1.75. The van der Waals surface area contributed by atoms with Crippen LogP contribution in [0.25, 0.3) is 0 Å². The second-order valence-corrected chi connectivity index (χ2v) is 6.25. The Balaban J connectivity index is 1.89. The van der Waals surface area contributed by atoms with Crippen LogP contribution in [0.5, 0.6) is 0 Å². The van der Waals surface area contributed by atoms with E-state index in [1.165, 1.54) is 19.3 Å². The molecule has 2 aliphatic heterocycles. The van der Waals surface area contributed by atoms with Crippen LogP contribution in [0.2, 0.25) is 0 Å². The van der Waals surface area contributed by atoms with Crippen molar-refractivity contribution >= 4 is 5.91 Å². The number of ether oxygens (including phenoxy) is 1. The molecule has 2 aliphatic rings. The smallest absolute Gasteiger partial charge is 0.223 e. The quantitative estimate of drug-likeness (QED) is 0.778. The summed E-state index contributed by atoms with van der Waals surface area (Å²) in [6, 6.07) is 0.429. The normalized spacial score (nSPS) is 25.8. The lowest BCUT2D eigenvalue weighted by molar-refractivity contribution is -0.136. The Morgan fingerprint density at radius 2 is 1.95 bits per heavy atom. The zero-order chi connectivity index (χ0) is 13.7. The summed E-state index contributed by atoms with van der Waals surface area (Å²) in [6.45, 7) is 9.95. The molecule has 0 aliphatic carbocycles. The summed E-state index contributed by atoms with van der Waals surface area (Å²) in [4.78, 5) is 16.9. The predicted molar refractivity (Wildman–Crippen MR) is 76.1 cm³/mol. The number of carbonyl (C=O) groups is 1. The average Bonchev–Trinajstić information content (AvgIpc) is 2.39. The van der Waals surface area contributed by atoms with Crippen molar-refractivity contribution in [1.29, 1.82) is 0 Å². The molecule has 1 unspecified atom stereocenters. The van der Waals surface area contributed by atoms with Gasteiger partial charge in [-0.3, -0.25) is 9.69 Å². The van der Waals surface area contributed by atoms with Crippen LogP contribution in [-0.4, -0.2) is 61.1 Å². The van der Waals surface area contributed by atoms with E-state index in [1.807, 2.05) is 0 Å². The molecule has 2 saturated heterocycles. The molecule has 2 fully saturated rings. The summed E-state index contributed by atoms with van der Waals surface area (Å²) in [5, 5.41) is 0. The van der Waals surface area contributed by atoms with Crippen LogP contribution in [0.1, 0.15) is 39.5 Å². The van der Waals surface area contributed by atoms with E-state index in [-0.39, 0.29) is 0 Å². The molecule has 0 spiro atoms. The second-order valence-electron chi connectivity index (χ2n) is 6.25. The number of hydrogen-bond donors (Lipinski definition) is 0. The zero-order valence-electron chi connectivity index (χ0n) is 12.4. The van der Waals surface area contributed by atoms with Crippen molar-refractivity contribution in [3.8, 4) is 0 Å². The molecule has 0 aromatic carbocycles. The molecule has 1 atom stereocenters. The minimum absolute atomic E-state index is 0.355. The summed E-state index contributed by atoms with van der Waals surface area (Å²) in [6.07, 6.45) is 4.30. The maximum atomic E-state index is 12.3. The SMILES string of the molecule is CC(C)CC(=O)N1CCCCC1CN1CCOCC1. The van der Waals surface area contributed by atoms with Crippen LogP contribution in [0.3, 0.4) is 0 Å². The largest absolute Gasteiger partial charge is 0.379 e. The Bertz CT molecular complexity index is 288. The van der Waals surface area contributed by atoms with Crippen molar-refractivity contribution < 1.29 is 9.53 Å². The number of likely N-dealkylation sites (tertiary alicyclic amines) is 1. The first-order chi connectivity index (χ1) is 9.16. The van der Waals surface area contributed by atoms with E-state index in [4.69, 9.17) is 4.74 Å². The van der Waals surface area contributed by atoms with E-state index in [1.54, 1.807) is 0 Å². The fourth-order valence-electron chi connectivity index (χ4n) is 3.07. The third-order valence-electron chi connectivity index (χ3n) is 4.10. The van der Waals surface area contributed by atoms with Crippen molar-refractivity contribution in [1.82, 2.24) is 9.80 Å². The molecule has 2 heterocycles. The molecule has 0 saturated carbocycles. The lowest BCUT2D eigenvalue weighted by Crippen LogP contribution is -2.51. The number of morpholine rings is 1. The van der Waals surface area contributed by atoms with Gasteiger partial charge in [0.05, 0.1) is 13.2 Å². The van der Waals surface area contributed by atoms with Gasteiger partial charge in [0.2, 0.25) is 5.91 Å². The third-order valence-corrected chi connectivity index (χ3v) is 4.10. The van der Waals surface area contributed by atoms with Gasteiger partial charge in [-0.15, -0.1) is 0 Å². The topological polar surface area (TPSA) is 32.8 Å². The number of rotatable bonds is 4. The standard InChI is InChI=1S/C15H28N2O2/c1-13(2)11-15(18)17-6-4-3-5-14(17)12-16-7-9-19-10-8-16/h13-14H,3-12H2,1-2H3. The van der Waals surface area contributed by atoms with Gasteiger partial charge in [-0.25, -0.2) is 0 Å². The molecule has 4 nitrogen and oxygen atoms in total. The van der Waals surface area contributed by atoms with Gasteiger partial charge < -0.3 is 9.64 Å². The van der Waals surface area contributed by atoms with Crippen LogP contribution in [0.4, 0.5) is 0 Å². The highest BCUT2D eigenvalue weighted by molar-refractivity contribution is 5.76. The van der Waals surface area contributed by atoms with E-state index >= 15 is 0 Å². The highest BCUT2D eigenvalue weighted by atomic mass is 16.5. The van der Waals surface area contributed by atoms with Crippen molar-refractivity contribution in [2.75, 3.05) is 39.4 Å². The fourth-order valence-corrected chi connectivity index (χ4v) is 3.07. The zero-order valence-corrected chi connectivity index (χ0v) is 12.4. The molecular formula is C15H28N2O2. The van der Waals surface area contributed by atoms with Crippen LogP contribution in [0.15, 0.2) is 0 Å². The van der Waals surface area contributed by atoms with Crippen LogP contribution in [0, 0.1) is 5.92 Å².